The Kier molecular flexibility index (Phi) is 3.83. The van der Waals surface area contributed by atoms with Gasteiger partial charge in [0.05, 0.1) is 12.8 Å². The van der Waals surface area contributed by atoms with Gasteiger partial charge < -0.3 is 13.7 Å². The molecule has 0 aliphatic heterocycles. The molecule has 0 aliphatic rings. The maximum absolute atomic E-state index is 12.4. The Labute approximate surface area is 129 Å². The van der Waals surface area contributed by atoms with E-state index in [-0.39, 0.29) is 5.91 Å². The summed E-state index contributed by atoms with van der Waals surface area (Å²) in [6.45, 7) is 2.36. The lowest BCUT2D eigenvalue weighted by Gasteiger charge is -2.15. The van der Waals surface area contributed by atoms with Crippen molar-refractivity contribution in [3.8, 4) is 11.3 Å². The second kappa shape index (κ2) is 5.93. The van der Waals surface area contributed by atoms with Crippen molar-refractivity contribution in [1.29, 1.82) is 0 Å². The number of nitrogens with zero attached hydrogens (tertiary/aromatic N) is 1. The van der Waals surface area contributed by atoms with Gasteiger partial charge in [-0.15, -0.1) is 0 Å². The molecule has 2 heterocycles. The van der Waals surface area contributed by atoms with Crippen LogP contribution in [0.5, 0.6) is 0 Å². The van der Waals surface area contributed by atoms with Gasteiger partial charge in [0, 0.05) is 18.2 Å². The monoisotopic (exact) mass is 295 g/mol. The first kappa shape index (κ1) is 14.2. The van der Waals surface area contributed by atoms with E-state index in [1.165, 1.54) is 0 Å². The van der Waals surface area contributed by atoms with Gasteiger partial charge in [0.2, 0.25) is 0 Å². The Morgan fingerprint density at radius 3 is 2.45 bits per heavy atom. The molecule has 3 aromatic rings. The molecule has 0 bridgehead atoms. The molecular formula is C18H17NO3. The topological polar surface area (TPSA) is 46.6 Å². The molecule has 1 aromatic carbocycles. The van der Waals surface area contributed by atoms with Crippen molar-refractivity contribution in [2.75, 3.05) is 7.05 Å². The van der Waals surface area contributed by atoms with E-state index in [2.05, 4.69) is 0 Å². The summed E-state index contributed by atoms with van der Waals surface area (Å²) in [5.74, 6) is 2.39. The lowest BCUT2D eigenvalue weighted by molar-refractivity contribution is 0.0775. The summed E-state index contributed by atoms with van der Waals surface area (Å²) in [5.41, 5.74) is 1.60. The van der Waals surface area contributed by atoms with Crippen LogP contribution in [0.25, 0.3) is 11.3 Å². The second-order valence-electron chi connectivity index (χ2n) is 5.23. The summed E-state index contributed by atoms with van der Waals surface area (Å²) in [6, 6.07) is 14.9. The lowest BCUT2D eigenvalue weighted by Crippen LogP contribution is -2.25. The molecule has 22 heavy (non-hydrogen) atoms. The first-order valence-electron chi connectivity index (χ1n) is 7.08. The number of carbonyl (C=O) groups is 1. The molecular weight excluding hydrogens is 278 g/mol. The summed E-state index contributed by atoms with van der Waals surface area (Å²) in [7, 11) is 1.76. The van der Waals surface area contributed by atoms with Gasteiger partial charge in [0.15, 0.2) is 0 Å². The highest BCUT2D eigenvalue weighted by Gasteiger charge is 2.13. The van der Waals surface area contributed by atoms with Crippen LogP contribution in [0.1, 0.15) is 21.9 Å². The Morgan fingerprint density at radius 2 is 1.86 bits per heavy atom. The molecule has 3 rings (SSSR count). The highest BCUT2D eigenvalue weighted by molar-refractivity contribution is 5.94. The number of aryl methyl sites for hydroxylation is 1. The van der Waals surface area contributed by atoms with Gasteiger partial charge in [-0.05, 0) is 43.3 Å². The molecule has 1 amide bonds. The van der Waals surface area contributed by atoms with Crippen molar-refractivity contribution in [3.05, 3.63) is 71.9 Å². The number of rotatable bonds is 4. The van der Waals surface area contributed by atoms with E-state index in [4.69, 9.17) is 8.83 Å². The van der Waals surface area contributed by atoms with Crippen LogP contribution in [0.15, 0.2) is 63.6 Å². The van der Waals surface area contributed by atoms with Crippen LogP contribution in [-0.2, 0) is 6.54 Å². The number of carbonyl (C=O) groups excluding carboxylic acids is 1. The van der Waals surface area contributed by atoms with E-state index in [1.807, 2.05) is 55.5 Å². The smallest absolute Gasteiger partial charge is 0.254 e. The predicted octanol–water partition coefficient (Wildman–Crippen LogP) is 4.12. The third kappa shape index (κ3) is 2.96. The van der Waals surface area contributed by atoms with Crippen molar-refractivity contribution in [1.82, 2.24) is 4.90 Å². The van der Waals surface area contributed by atoms with E-state index < -0.39 is 0 Å². The molecule has 0 saturated carbocycles. The van der Waals surface area contributed by atoms with Gasteiger partial charge in [0.25, 0.3) is 5.91 Å². The average molecular weight is 295 g/mol. The normalized spacial score (nSPS) is 10.6. The van der Waals surface area contributed by atoms with Crippen LogP contribution in [0.4, 0.5) is 0 Å². The maximum Gasteiger partial charge on any atom is 0.254 e. The van der Waals surface area contributed by atoms with Gasteiger partial charge in [0.1, 0.15) is 17.3 Å². The van der Waals surface area contributed by atoms with Crippen LogP contribution < -0.4 is 0 Å². The molecule has 0 aliphatic carbocycles. The van der Waals surface area contributed by atoms with Crippen LogP contribution >= 0.6 is 0 Å². The van der Waals surface area contributed by atoms with Crippen LogP contribution in [0.3, 0.4) is 0 Å². The van der Waals surface area contributed by atoms with Crippen molar-refractivity contribution in [2.24, 2.45) is 0 Å². The van der Waals surface area contributed by atoms with Crippen LogP contribution in [0, 0.1) is 6.92 Å². The molecule has 0 radical (unpaired) electrons. The molecule has 2 aromatic heterocycles. The second-order valence-corrected chi connectivity index (χ2v) is 5.23. The molecule has 0 unspecified atom stereocenters. The first-order valence-corrected chi connectivity index (χ1v) is 7.08. The van der Waals surface area contributed by atoms with Gasteiger partial charge in [-0.25, -0.2) is 0 Å². The minimum absolute atomic E-state index is 0.0430. The first-order chi connectivity index (χ1) is 10.6. The molecule has 4 nitrogen and oxygen atoms in total. The van der Waals surface area contributed by atoms with E-state index in [9.17, 15) is 4.79 Å². The Hall–Kier alpha value is -2.75. The van der Waals surface area contributed by atoms with Crippen molar-refractivity contribution < 1.29 is 13.6 Å². The Bertz CT molecular complexity index is 754. The summed E-state index contributed by atoms with van der Waals surface area (Å²) >= 11 is 0. The maximum atomic E-state index is 12.4. The largest absolute Gasteiger partial charge is 0.467 e. The third-order valence-electron chi connectivity index (χ3n) is 3.48. The molecule has 112 valence electrons. The number of furan rings is 2. The number of amides is 1. The molecule has 0 spiro atoms. The van der Waals surface area contributed by atoms with Crippen molar-refractivity contribution >= 4 is 5.91 Å². The minimum atomic E-state index is -0.0430. The fourth-order valence-electron chi connectivity index (χ4n) is 2.30. The summed E-state index contributed by atoms with van der Waals surface area (Å²) < 4.78 is 10.8. The molecule has 4 heteroatoms. The van der Waals surface area contributed by atoms with Crippen molar-refractivity contribution in [3.63, 3.8) is 0 Å². The van der Waals surface area contributed by atoms with E-state index in [1.54, 1.807) is 18.2 Å². The van der Waals surface area contributed by atoms with Gasteiger partial charge >= 0.3 is 0 Å². The summed E-state index contributed by atoms with van der Waals surface area (Å²) in [4.78, 5) is 14.0. The molecule has 0 atom stereocenters. The molecule has 0 N–H and O–H groups in total. The number of hydrogen-bond donors (Lipinski definition) is 0. The van der Waals surface area contributed by atoms with Crippen LogP contribution in [0.2, 0.25) is 0 Å². The van der Waals surface area contributed by atoms with Gasteiger partial charge in [-0.2, -0.15) is 0 Å². The Morgan fingerprint density at radius 1 is 1.09 bits per heavy atom. The SMILES string of the molecule is Cc1ccc(-c2ccc(C(=O)N(C)Cc3ccco3)cc2)o1. The zero-order chi connectivity index (χ0) is 15.5. The number of benzene rings is 1. The standard InChI is InChI=1S/C18H17NO3/c1-13-5-10-17(22-13)14-6-8-15(9-7-14)18(20)19(2)12-16-4-3-11-21-16/h3-11H,12H2,1-2H3. The summed E-state index contributed by atoms with van der Waals surface area (Å²) in [5, 5.41) is 0. The van der Waals surface area contributed by atoms with Gasteiger partial charge in [-0.3, -0.25) is 4.79 Å². The summed E-state index contributed by atoms with van der Waals surface area (Å²) in [6.07, 6.45) is 1.60. The quantitative estimate of drug-likeness (QED) is 0.727. The predicted molar refractivity (Wildman–Crippen MR) is 83.4 cm³/mol. The van der Waals surface area contributed by atoms with E-state index >= 15 is 0 Å². The van der Waals surface area contributed by atoms with E-state index in [0.29, 0.717) is 12.1 Å². The Balaban J connectivity index is 1.73. The zero-order valence-electron chi connectivity index (χ0n) is 12.6. The molecule has 0 saturated heterocycles. The highest BCUT2D eigenvalue weighted by atomic mass is 16.3. The van der Waals surface area contributed by atoms with Crippen molar-refractivity contribution in [2.45, 2.75) is 13.5 Å². The zero-order valence-corrected chi connectivity index (χ0v) is 12.6. The van der Waals surface area contributed by atoms with Crippen LogP contribution in [-0.4, -0.2) is 17.9 Å². The number of hydrogen-bond acceptors (Lipinski definition) is 3. The molecule has 0 fully saturated rings. The minimum Gasteiger partial charge on any atom is -0.467 e. The van der Waals surface area contributed by atoms with Gasteiger partial charge in [-0.1, -0.05) is 12.1 Å². The average Bonchev–Trinajstić information content (AvgIpc) is 3.18. The fraction of sp³-hybridized carbons (Fsp3) is 0.167. The highest BCUT2D eigenvalue weighted by Crippen LogP contribution is 2.22. The fourth-order valence-corrected chi connectivity index (χ4v) is 2.30. The lowest BCUT2D eigenvalue weighted by atomic mass is 10.1. The third-order valence-corrected chi connectivity index (χ3v) is 3.48. The van der Waals surface area contributed by atoms with E-state index in [0.717, 1.165) is 22.8 Å².